The molecule has 0 aliphatic carbocycles. The van der Waals surface area contributed by atoms with Crippen LogP contribution < -0.4 is 10.2 Å². The van der Waals surface area contributed by atoms with Crippen molar-refractivity contribution in [2.45, 2.75) is 45.8 Å². The number of hydrogen-bond donors (Lipinski definition) is 2. The van der Waals surface area contributed by atoms with Crippen LogP contribution in [0, 0.1) is 6.92 Å². The van der Waals surface area contributed by atoms with Gasteiger partial charge in [0.25, 0.3) is 11.8 Å². The molecule has 0 radical (unpaired) electrons. The van der Waals surface area contributed by atoms with Gasteiger partial charge in [0.1, 0.15) is 23.8 Å². The van der Waals surface area contributed by atoms with E-state index >= 15 is 0 Å². The third-order valence-electron chi connectivity index (χ3n) is 4.88. The van der Waals surface area contributed by atoms with Crippen molar-refractivity contribution < 1.29 is 23.5 Å². The minimum Gasteiger partial charge on any atom is -0.508 e. The first-order valence-corrected chi connectivity index (χ1v) is 10.9. The lowest BCUT2D eigenvalue weighted by Crippen LogP contribution is -2.50. The number of nitrogens with one attached hydrogen (secondary N) is 1. The topological polar surface area (TPSA) is 140 Å². The molecule has 11 nitrogen and oxygen atoms in total. The fourth-order valence-corrected chi connectivity index (χ4v) is 3.50. The first kappa shape index (κ1) is 23.7. The largest absolute Gasteiger partial charge is 0.508 e. The highest BCUT2D eigenvalue weighted by Crippen LogP contribution is 2.31. The molecule has 0 unspecified atom stereocenters. The van der Waals surface area contributed by atoms with E-state index in [-0.39, 0.29) is 23.9 Å². The maximum Gasteiger partial charge on any atom is 0.251 e. The zero-order valence-corrected chi connectivity index (χ0v) is 19.8. The summed E-state index contributed by atoms with van der Waals surface area (Å²) in [5.41, 5.74) is -0.276. The van der Waals surface area contributed by atoms with Gasteiger partial charge in [0.15, 0.2) is 11.8 Å². The van der Waals surface area contributed by atoms with E-state index < -0.39 is 23.4 Å². The number of phenols is 1. The van der Waals surface area contributed by atoms with Crippen molar-refractivity contribution in [2.75, 3.05) is 4.90 Å². The first-order chi connectivity index (χ1) is 16.6. The molecule has 0 saturated carbocycles. The number of rotatable bonds is 7. The van der Waals surface area contributed by atoms with Crippen LogP contribution in [-0.2, 0) is 16.1 Å². The molecule has 0 aliphatic rings. The van der Waals surface area contributed by atoms with Crippen molar-refractivity contribution in [3.8, 4) is 17.3 Å². The molecule has 4 rings (SSSR count). The Morgan fingerprint density at radius 2 is 1.97 bits per heavy atom. The van der Waals surface area contributed by atoms with E-state index in [0.29, 0.717) is 17.2 Å². The van der Waals surface area contributed by atoms with Crippen LogP contribution in [-0.4, -0.2) is 42.7 Å². The third-order valence-corrected chi connectivity index (χ3v) is 4.88. The molecule has 0 spiro atoms. The van der Waals surface area contributed by atoms with Crippen molar-refractivity contribution in [1.82, 2.24) is 25.5 Å². The fraction of sp³-hybridized carbons (Fsp3) is 0.292. The van der Waals surface area contributed by atoms with E-state index in [1.165, 1.54) is 23.3 Å². The predicted octanol–water partition coefficient (Wildman–Crippen LogP) is 3.23. The summed E-state index contributed by atoms with van der Waals surface area (Å²) in [5.74, 6) is 0.537. The molecule has 2 N–H and O–H groups in total. The number of aromatic hydroxyl groups is 1. The Labute approximate surface area is 201 Å². The number of amides is 2. The van der Waals surface area contributed by atoms with Crippen molar-refractivity contribution in [1.29, 1.82) is 0 Å². The number of carbonyl (C=O) groups excluding carboxylic acids is 2. The molecule has 0 fully saturated rings. The lowest BCUT2D eigenvalue weighted by molar-refractivity contribution is -0.128. The van der Waals surface area contributed by atoms with Gasteiger partial charge in [-0.25, -0.2) is 0 Å². The quantitative estimate of drug-likeness (QED) is 0.413. The standard InChI is InChI=1S/C24H26N6O5/c1-15-10-11-19(35-15)22-26-28-29(27-22)14-20(32)30(16-7-5-8-17(31)13-16)21(18-9-6-12-34-18)23(33)25-24(2,3)4/h5-13,21,31H,14H2,1-4H3,(H,25,33)/t21-/m0/s1. The number of hydrogen-bond acceptors (Lipinski definition) is 8. The summed E-state index contributed by atoms with van der Waals surface area (Å²) in [4.78, 5) is 29.4. The van der Waals surface area contributed by atoms with Crippen LogP contribution >= 0.6 is 0 Å². The van der Waals surface area contributed by atoms with E-state index in [4.69, 9.17) is 8.83 Å². The summed E-state index contributed by atoms with van der Waals surface area (Å²) in [6.45, 7) is 6.97. The smallest absolute Gasteiger partial charge is 0.251 e. The summed E-state index contributed by atoms with van der Waals surface area (Å²) in [6.07, 6.45) is 1.43. The molecule has 3 heterocycles. The van der Waals surface area contributed by atoms with Gasteiger partial charge in [-0.2, -0.15) is 4.80 Å². The number of furan rings is 2. The van der Waals surface area contributed by atoms with Gasteiger partial charge in [-0.3, -0.25) is 14.5 Å². The van der Waals surface area contributed by atoms with Gasteiger partial charge in [0.2, 0.25) is 5.82 Å². The van der Waals surface area contributed by atoms with Gasteiger partial charge < -0.3 is 19.3 Å². The highest BCUT2D eigenvalue weighted by Gasteiger charge is 2.36. The lowest BCUT2D eigenvalue weighted by Gasteiger charge is -2.32. The van der Waals surface area contributed by atoms with Crippen molar-refractivity contribution in [2.24, 2.45) is 0 Å². The van der Waals surface area contributed by atoms with Crippen LogP contribution in [0.5, 0.6) is 5.75 Å². The molecule has 11 heteroatoms. The van der Waals surface area contributed by atoms with Gasteiger partial charge >= 0.3 is 0 Å². The van der Waals surface area contributed by atoms with E-state index in [0.717, 1.165) is 4.80 Å². The van der Waals surface area contributed by atoms with Crippen LogP contribution in [0.25, 0.3) is 11.6 Å². The van der Waals surface area contributed by atoms with Crippen LogP contribution in [0.4, 0.5) is 5.69 Å². The molecule has 0 bridgehead atoms. The van der Waals surface area contributed by atoms with Gasteiger partial charge in [0.05, 0.1) is 6.26 Å². The summed E-state index contributed by atoms with van der Waals surface area (Å²) in [6, 6.07) is 11.6. The van der Waals surface area contributed by atoms with Gasteiger partial charge in [-0.05, 0) is 69.3 Å². The normalized spacial score (nSPS) is 12.3. The molecular weight excluding hydrogens is 452 g/mol. The van der Waals surface area contributed by atoms with Gasteiger partial charge in [-0.1, -0.05) is 6.07 Å². The maximum atomic E-state index is 13.7. The third kappa shape index (κ3) is 5.57. The maximum absolute atomic E-state index is 13.7. The number of anilines is 1. The number of carbonyl (C=O) groups is 2. The van der Waals surface area contributed by atoms with E-state index in [2.05, 4.69) is 20.7 Å². The van der Waals surface area contributed by atoms with E-state index in [1.807, 2.05) is 20.8 Å². The zero-order valence-electron chi connectivity index (χ0n) is 19.8. The molecule has 1 atom stereocenters. The minimum atomic E-state index is -1.16. The number of nitrogens with zero attached hydrogens (tertiary/aromatic N) is 5. The number of aryl methyl sites for hydroxylation is 1. The summed E-state index contributed by atoms with van der Waals surface area (Å²) >= 11 is 0. The second-order valence-corrected chi connectivity index (χ2v) is 8.99. The van der Waals surface area contributed by atoms with Crippen molar-refractivity contribution in [3.05, 3.63) is 66.3 Å². The van der Waals surface area contributed by atoms with Crippen molar-refractivity contribution in [3.63, 3.8) is 0 Å². The molecule has 1 aromatic carbocycles. The monoisotopic (exact) mass is 478 g/mol. The Balaban J connectivity index is 1.71. The highest BCUT2D eigenvalue weighted by molar-refractivity contribution is 6.01. The Hall–Kier alpha value is -4.41. The minimum absolute atomic E-state index is 0.0657. The van der Waals surface area contributed by atoms with Crippen LogP contribution in [0.3, 0.4) is 0 Å². The molecule has 4 aromatic rings. The van der Waals surface area contributed by atoms with E-state index in [9.17, 15) is 14.7 Å². The second-order valence-electron chi connectivity index (χ2n) is 8.99. The summed E-state index contributed by atoms with van der Waals surface area (Å²) in [7, 11) is 0. The molecular formula is C24H26N6O5. The average molecular weight is 479 g/mol. The highest BCUT2D eigenvalue weighted by atomic mass is 16.3. The first-order valence-electron chi connectivity index (χ1n) is 10.9. The van der Waals surface area contributed by atoms with Gasteiger partial charge in [-0.15, -0.1) is 10.2 Å². The van der Waals surface area contributed by atoms with Crippen LogP contribution in [0.15, 0.2) is 63.6 Å². The molecule has 0 aliphatic heterocycles. The molecule has 0 saturated heterocycles. The Bertz CT molecular complexity index is 1320. The summed E-state index contributed by atoms with van der Waals surface area (Å²) < 4.78 is 11.1. The Kier molecular flexibility index (Phi) is 6.41. The summed E-state index contributed by atoms with van der Waals surface area (Å²) in [5, 5.41) is 25.1. The second kappa shape index (κ2) is 9.45. The molecule has 2 amide bonds. The fourth-order valence-electron chi connectivity index (χ4n) is 3.50. The predicted molar refractivity (Wildman–Crippen MR) is 125 cm³/mol. The number of benzene rings is 1. The van der Waals surface area contributed by atoms with Crippen molar-refractivity contribution >= 4 is 17.5 Å². The number of tetrazole rings is 1. The lowest BCUT2D eigenvalue weighted by atomic mass is 10.1. The SMILES string of the molecule is Cc1ccc(-c2nnn(CC(=O)N(c3cccc(O)c3)[C@H](C(=O)NC(C)(C)C)c3ccco3)n2)o1. The number of aromatic nitrogens is 4. The van der Waals surface area contributed by atoms with Crippen LogP contribution in [0.1, 0.15) is 38.3 Å². The average Bonchev–Trinajstić information content (AvgIpc) is 3.52. The Morgan fingerprint density at radius 1 is 1.17 bits per heavy atom. The van der Waals surface area contributed by atoms with Crippen LogP contribution in [0.2, 0.25) is 0 Å². The molecule has 182 valence electrons. The Morgan fingerprint density at radius 3 is 2.60 bits per heavy atom. The van der Waals surface area contributed by atoms with E-state index in [1.54, 1.807) is 43.3 Å². The molecule has 35 heavy (non-hydrogen) atoms. The molecule has 3 aromatic heterocycles. The van der Waals surface area contributed by atoms with Gasteiger partial charge in [0, 0.05) is 17.3 Å². The number of phenolic OH excluding ortho intramolecular Hbond substituents is 1. The zero-order chi connectivity index (χ0) is 25.2.